The van der Waals surface area contributed by atoms with E-state index in [-0.39, 0.29) is 29.3 Å². The Hall–Kier alpha value is -2.28. The van der Waals surface area contributed by atoms with Crippen LogP contribution in [0, 0.1) is 5.92 Å². The van der Waals surface area contributed by atoms with E-state index in [1.54, 1.807) is 13.8 Å². The number of hydrogen-bond acceptors (Lipinski definition) is 9. The van der Waals surface area contributed by atoms with Crippen LogP contribution >= 0.6 is 0 Å². The molecule has 1 fully saturated rings. The highest BCUT2D eigenvalue weighted by atomic mass is 19.1. The largest absolute Gasteiger partial charge is 0.394 e. The molecule has 2 aliphatic rings. The van der Waals surface area contributed by atoms with Gasteiger partial charge in [0.1, 0.15) is 6.10 Å². The van der Waals surface area contributed by atoms with Gasteiger partial charge in [0.15, 0.2) is 17.7 Å². The summed E-state index contributed by atoms with van der Waals surface area (Å²) >= 11 is 0. The van der Waals surface area contributed by atoms with Crippen molar-refractivity contribution in [3.05, 3.63) is 10.4 Å². The number of halogens is 1. The molecule has 0 unspecified atom stereocenters. The minimum absolute atomic E-state index is 0.0596. The van der Waals surface area contributed by atoms with Gasteiger partial charge < -0.3 is 14.9 Å². The Morgan fingerprint density at radius 1 is 1.60 bits per heavy atom. The maximum absolute atomic E-state index is 14.5. The first-order chi connectivity index (χ1) is 11.8. The van der Waals surface area contributed by atoms with Gasteiger partial charge in [0, 0.05) is 5.92 Å². The van der Waals surface area contributed by atoms with Crippen LogP contribution in [0.15, 0.2) is 4.79 Å². The number of nitrogens with zero attached hydrogens (tertiary/aromatic N) is 2. The number of aromatic nitrogens is 2. The quantitative estimate of drug-likeness (QED) is 0.375. The highest BCUT2D eigenvalue weighted by Gasteiger charge is 2.56. The molecule has 25 heavy (non-hydrogen) atoms. The van der Waals surface area contributed by atoms with Crippen molar-refractivity contribution in [1.29, 1.82) is 0 Å². The Labute approximate surface area is 141 Å². The minimum atomic E-state index is -2.20. The number of aromatic amines is 1. The van der Waals surface area contributed by atoms with Gasteiger partial charge in [0.25, 0.3) is 5.56 Å². The van der Waals surface area contributed by atoms with Gasteiger partial charge in [-0.2, -0.15) is 4.98 Å². The zero-order valence-electron chi connectivity index (χ0n) is 13.5. The van der Waals surface area contributed by atoms with Crippen molar-refractivity contribution < 1.29 is 24.1 Å². The smallest absolute Gasteiger partial charge is 0.279 e. The Morgan fingerprint density at radius 3 is 2.92 bits per heavy atom. The summed E-state index contributed by atoms with van der Waals surface area (Å²) in [4.78, 5) is 30.3. The van der Waals surface area contributed by atoms with E-state index in [0.717, 1.165) is 5.01 Å². The molecule has 0 saturated carbocycles. The number of amides is 1. The zero-order valence-corrected chi connectivity index (χ0v) is 13.5. The predicted octanol–water partition coefficient (Wildman–Crippen LogP) is -1.57. The number of aliphatic hydroxyl groups excluding tert-OH is 1. The molecule has 0 spiro atoms. The van der Waals surface area contributed by atoms with E-state index in [4.69, 9.17) is 9.84 Å². The minimum Gasteiger partial charge on any atom is -0.394 e. The number of hydrazine groups is 2. The molecule has 3 heterocycles. The Balaban J connectivity index is 1.95. The van der Waals surface area contributed by atoms with Gasteiger partial charge in [0.2, 0.25) is 17.6 Å². The Bertz CT molecular complexity index is 742. The standard InChI is InChI=1S/C13H19FN6O5/c1-5(2)10(22)16-12-15-9-7(11(23)17-12)18-19-20(9)13(24)4-25-6(3-21)8(13)14/h5-6,8,18-19,21,24H,3-4H2,1-2H3,(H2,15,16,17,22,23)/t6-,8-,13-/m1/s1. The fourth-order valence-corrected chi connectivity index (χ4v) is 2.53. The van der Waals surface area contributed by atoms with Crippen LogP contribution < -0.4 is 26.8 Å². The van der Waals surface area contributed by atoms with Crippen molar-refractivity contribution in [2.75, 3.05) is 29.0 Å². The second kappa shape index (κ2) is 6.22. The first-order valence-corrected chi connectivity index (χ1v) is 7.64. The van der Waals surface area contributed by atoms with Crippen LogP contribution in [0.3, 0.4) is 0 Å². The first kappa shape index (κ1) is 17.5. The summed E-state index contributed by atoms with van der Waals surface area (Å²) in [5, 5.41) is 23.1. The average molecular weight is 358 g/mol. The number of rotatable bonds is 4. The lowest BCUT2D eigenvalue weighted by atomic mass is 10.1. The predicted molar refractivity (Wildman–Crippen MR) is 84.2 cm³/mol. The normalized spacial score (nSPS) is 28.2. The molecule has 3 atom stereocenters. The molecule has 11 nitrogen and oxygen atoms in total. The van der Waals surface area contributed by atoms with E-state index >= 15 is 0 Å². The molecule has 12 heteroatoms. The van der Waals surface area contributed by atoms with Gasteiger partial charge in [-0.1, -0.05) is 13.8 Å². The molecule has 1 amide bonds. The molecule has 3 rings (SSSR count). The van der Waals surface area contributed by atoms with Crippen LogP contribution in [0.5, 0.6) is 0 Å². The molecule has 2 aliphatic heterocycles. The third-order valence-electron chi connectivity index (χ3n) is 4.02. The summed E-state index contributed by atoms with van der Waals surface area (Å²) in [6.45, 7) is 2.25. The number of alkyl halides is 1. The van der Waals surface area contributed by atoms with E-state index in [1.807, 2.05) is 0 Å². The van der Waals surface area contributed by atoms with Gasteiger partial charge in [-0.05, 0) is 0 Å². The highest BCUT2D eigenvalue weighted by molar-refractivity contribution is 5.90. The van der Waals surface area contributed by atoms with Crippen molar-refractivity contribution in [1.82, 2.24) is 15.5 Å². The summed E-state index contributed by atoms with van der Waals surface area (Å²) in [6, 6.07) is 0. The van der Waals surface area contributed by atoms with E-state index in [9.17, 15) is 19.1 Å². The molecule has 0 radical (unpaired) electrons. The summed E-state index contributed by atoms with van der Waals surface area (Å²) in [7, 11) is 0. The summed E-state index contributed by atoms with van der Waals surface area (Å²) in [6.07, 6.45) is -3.18. The number of H-pyrrole nitrogens is 1. The topological polar surface area (TPSA) is 152 Å². The summed E-state index contributed by atoms with van der Waals surface area (Å²) in [5.41, 5.74) is 2.06. The molecule has 1 aromatic heterocycles. The molecule has 1 saturated heterocycles. The van der Waals surface area contributed by atoms with Gasteiger partial charge in [-0.3, -0.25) is 25.3 Å². The number of carbonyl (C=O) groups excluding carboxylic acids is 1. The Kier molecular flexibility index (Phi) is 4.36. The van der Waals surface area contributed by atoms with Crippen LogP contribution in [0.1, 0.15) is 13.8 Å². The van der Waals surface area contributed by atoms with E-state index in [2.05, 4.69) is 26.2 Å². The second-order valence-corrected chi connectivity index (χ2v) is 6.14. The highest BCUT2D eigenvalue weighted by Crippen LogP contribution is 2.36. The number of anilines is 3. The monoisotopic (exact) mass is 358 g/mol. The van der Waals surface area contributed by atoms with Crippen LogP contribution in [0.4, 0.5) is 21.8 Å². The molecular weight excluding hydrogens is 339 g/mol. The molecule has 0 bridgehead atoms. The van der Waals surface area contributed by atoms with E-state index in [1.165, 1.54) is 0 Å². The SMILES string of the molecule is CC(C)C(=O)Nc1nc2c(c(=O)[nH]1)NNN2[C@@]1(O)CO[C@H](CO)[C@H]1F. The number of ether oxygens (including phenoxy) is 1. The first-order valence-electron chi connectivity index (χ1n) is 7.64. The maximum atomic E-state index is 14.5. The number of hydrogen-bond donors (Lipinski definition) is 6. The van der Waals surface area contributed by atoms with Crippen molar-refractivity contribution in [2.24, 2.45) is 5.92 Å². The lowest BCUT2D eigenvalue weighted by Gasteiger charge is -2.34. The van der Waals surface area contributed by atoms with Crippen LogP contribution in [-0.2, 0) is 9.53 Å². The molecule has 0 aliphatic carbocycles. The third-order valence-corrected chi connectivity index (χ3v) is 4.02. The molecule has 138 valence electrons. The van der Waals surface area contributed by atoms with Crippen molar-refractivity contribution in [3.8, 4) is 0 Å². The molecular formula is C13H19FN6O5. The van der Waals surface area contributed by atoms with E-state index in [0.29, 0.717) is 0 Å². The lowest BCUT2D eigenvalue weighted by Crippen LogP contribution is -2.61. The number of nitrogens with one attached hydrogen (secondary N) is 4. The molecule has 6 N–H and O–H groups in total. The Morgan fingerprint density at radius 2 is 2.32 bits per heavy atom. The lowest BCUT2D eigenvalue weighted by molar-refractivity contribution is -0.118. The van der Waals surface area contributed by atoms with Crippen LogP contribution in [-0.4, -0.2) is 57.3 Å². The van der Waals surface area contributed by atoms with Gasteiger partial charge in [0.05, 0.1) is 13.2 Å². The summed E-state index contributed by atoms with van der Waals surface area (Å²) in [5.74, 6) is -0.983. The maximum Gasteiger partial charge on any atom is 0.279 e. The second-order valence-electron chi connectivity index (χ2n) is 6.14. The fourth-order valence-electron chi connectivity index (χ4n) is 2.53. The van der Waals surface area contributed by atoms with Crippen LogP contribution in [0.25, 0.3) is 0 Å². The van der Waals surface area contributed by atoms with Crippen molar-refractivity contribution >= 4 is 23.4 Å². The zero-order chi connectivity index (χ0) is 18.4. The van der Waals surface area contributed by atoms with Gasteiger partial charge in [-0.15, -0.1) is 5.53 Å². The molecule has 0 aromatic carbocycles. The number of carbonyl (C=O) groups is 1. The van der Waals surface area contributed by atoms with Crippen molar-refractivity contribution in [3.63, 3.8) is 0 Å². The van der Waals surface area contributed by atoms with Gasteiger partial charge in [-0.25, -0.2) is 9.40 Å². The van der Waals surface area contributed by atoms with Crippen molar-refractivity contribution in [2.45, 2.75) is 31.8 Å². The van der Waals surface area contributed by atoms with Crippen LogP contribution in [0.2, 0.25) is 0 Å². The average Bonchev–Trinajstić information content (AvgIpc) is 3.11. The van der Waals surface area contributed by atoms with E-state index < -0.39 is 36.8 Å². The third kappa shape index (κ3) is 2.82. The van der Waals surface area contributed by atoms with Gasteiger partial charge >= 0.3 is 0 Å². The molecule has 1 aromatic rings. The number of aliphatic hydroxyl groups is 2. The fraction of sp³-hybridized carbons (Fsp3) is 0.615. The summed E-state index contributed by atoms with van der Waals surface area (Å²) < 4.78 is 19.5. The number of fused-ring (bicyclic) bond motifs is 1.